The van der Waals surface area contributed by atoms with Crippen LogP contribution in [0, 0.1) is 16.7 Å². The molecule has 3 fully saturated rings. The predicted octanol–water partition coefficient (Wildman–Crippen LogP) is 2.96. The quantitative estimate of drug-likeness (QED) is 0.104. The molecule has 59 heavy (non-hydrogen) atoms. The first-order valence-electron chi connectivity index (χ1n) is 19.7. The number of hydrogen-bond donors (Lipinski definition) is 6. The van der Waals surface area contributed by atoms with Crippen LogP contribution in [0.2, 0.25) is 0 Å². The van der Waals surface area contributed by atoms with Gasteiger partial charge in [0, 0.05) is 42.1 Å². The van der Waals surface area contributed by atoms with E-state index in [0.717, 1.165) is 6.92 Å². The number of nitrogens with one attached hydrogen (secondary N) is 1. The molecule has 7 rings (SSSR count). The first kappa shape index (κ1) is 42.2. The molecular weight excluding hydrogens is 762 g/mol. The van der Waals surface area contributed by atoms with Crippen LogP contribution in [0.1, 0.15) is 79.8 Å². The van der Waals surface area contributed by atoms with Crippen molar-refractivity contribution in [2.75, 3.05) is 6.61 Å². The van der Waals surface area contributed by atoms with Gasteiger partial charge >= 0.3 is 17.9 Å². The van der Waals surface area contributed by atoms with Gasteiger partial charge in [0.25, 0.3) is 5.91 Å². The molecule has 1 aliphatic heterocycles. The highest BCUT2D eigenvalue weighted by molar-refractivity contribution is 5.95. The Morgan fingerprint density at radius 3 is 1.97 bits per heavy atom. The van der Waals surface area contributed by atoms with Crippen molar-refractivity contribution >= 4 is 23.8 Å². The zero-order valence-corrected chi connectivity index (χ0v) is 33.5. The summed E-state index contributed by atoms with van der Waals surface area (Å²) in [5.41, 5.74) is -6.43. The van der Waals surface area contributed by atoms with Crippen molar-refractivity contribution in [3.63, 3.8) is 0 Å². The molecule has 3 aliphatic carbocycles. The van der Waals surface area contributed by atoms with E-state index in [9.17, 15) is 44.7 Å². The van der Waals surface area contributed by atoms with Crippen molar-refractivity contribution in [2.24, 2.45) is 16.7 Å². The molecule has 314 valence electrons. The topological polar surface area (TPSA) is 218 Å². The molecular formula is C45H51NO13. The van der Waals surface area contributed by atoms with E-state index in [0.29, 0.717) is 5.56 Å². The summed E-state index contributed by atoms with van der Waals surface area (Å²) in [6.07, 6.45) is -11.6. The predicted molar refractivity (Wildman–Crippen MR) is 209 cm³/mol. The SMILES string of the molecule is CC(=O)O[C@@H]1C2=C(C)[C@@H](OC(=O)[C@H](O)[C@@H](NC(=O)c3ccccc3)c3ccccc3)C[C@@](O)([C@@H](OC(=O)c3ccccc3)[C@@H]3[C@]4(O)CO[C@@H]4C[C@H](O)[C@@]3(C)[C@H]1O)C2(C)C. The number of esters is 3. The lowest BCUT2D eigenvalue weighted by Gasteiger charge is -2.68. The minimum atomic E-state index is -2.31. The third-order valence-electron chi connectivity index (χ3n) is 13.4. The van der Waals surface area contributed by atoms with Crippen LogP contribution in [-0.2, 0) is 28.5 Å². The maximum absolute atomic E-state index is 14.2. The number of amides is 1. The molecule has 0 unspecified atom stereocenters. The van der Waals surface area contributed by atoms with E-state index in [1.165, 1.54) is 19.1 Å². The van der Waals surface area contributed by atoms with Crippen molar-refractivity contribution in [3.05, 3.63) is 119 Å². The number of benzene rings is 3. The molecule has 2 bridgehead atoms. The van der Waals surface area contributed by atoms with E-state index in [-0.39, 0.29) is 35.3 Å². The average Bonchev–Trinajstić information content (AvgIpc) is 3.21. The van der Waals surface area contributed by atoms with Crippen LogP contribution in [0.3, 0.4) is 0 Å². The number of aliphatic hydroxyl groups excluding tert-OH is 3. The lowest BCUT2D eigenvalue weighted by Crippen LogP contribution is -2.81. The Balaban J connectivity index is 1.35. The van der Waals surface area contributed by atoms with Gasteiger partial charge in [0.15, 0.2) is 12.2 Å². The van der Waals surface area contributed by atoms with Crippen molar-refractivity contribution in [1.29, 1.82) is 0 Å². The summed E-state index contributed by atoms with van der Waals surface area (Å²) in [4.78, 5) is 54.6. The molecule has 14 nitrogen and oxygen atoms in total. The van der Waals surface area contributed by atoms with Crippen LogP contribution in [0.5, 0.6) is 0 Å². The summed E-state index contributed by atoms with van der Waals surface area (Å²) in [7, 11) is 0. The molecule has 3 aromatic carbocycles. The Bertz CT molecular complexity index is 2110. The lowest BCUT2D eigenvalue weighted by molar-refractivity contribution is -0.364. The summed E-state index contributed by atoms with van der Waals surface area (Å²) in [6.45, 7) is 7.12. The molecule has 4 aliphatic rings. The second-order valence-corrected chi connectivity index (χ2v) is 17.0. The summed E-state index contributed by atoms with van der Waals surface area (Å²) in [5, 5.41) is 65.0. The van der Waals surface area contributed by atoms with Gasteiger partial charge in [-0.15, -0.1) is 0 Å². The Morgan fingerprint density at radius 2 is 1.41 bits per heavy atom. The summed E-state index contributed by atoms with van der Waals surface area (Å²) < 4.78 is 24.0. The Labute approximate surface area is 341 Å². The van der Waals surface area contributed by atoms with Crippen molar-refractivity contribution in [1.82, 2.24) is 5.32 Å². The van der Waals surface area contributed by atoms with Crippen LogP contribution in [0.15, 0.2) is 102 Å². The van der Waals surface area contributed by atoms with E-state index < -0.39 is 107 Å². The number of aliphatic hydroxyl groups is 5. The number of carbonyl (C=O) groups excluding carboxylic acids is 4. The maximum atomic E-state index is 14.2. The van der Waals surface area contributed by atoms with E-state index in [1.807, 2.05) is 0 Å². The molecule has 3 aromatic rings. The summed E-state index contributed by atoms with van der Waals surface area (Å²) in [6, 6.07) is 23.2. The number of hydrogen-bond acceptors (Lipinski definition) is 13. The van der Waals surface area contributed by atoms with Gasteiger partial charge in [-0.05, 0) is 47.9 Å². The maximum Gasteiger partial charge on any atom is 0.338 e. The Morgan fingerprint density at radius 1 is 0.831 bits per heavy atom. The molecule has 0 radical (unpaired) electrons. The smallest absolute Gasteiger partial charge is 0.338 e. The Hall–Kier alpha value is -4.96. The molecule has 2 saturated carbocycles. The largest absolute Gasteiger partial charge is 0.456 e. The molecule has 1 amide bonds. The molecule has 14 heteroatoms. The number of ether oxygens (including phenoxy) is 4. The van der Waals surface area contributed by atoms with Crippen LogP contribution in [-0.4, -0.2) is 110 Å². The molecule has 1 heterocycles. The van der Waals surface area contributed by atoms with Gasteiger partial charge < -0.3 is 49.8 Å². The minimum absolute atomic E-state index is 0.110. The van der Waals surface area contributed by atoms with Crippen LogP contribution < -0.4 is 5.32 Å². The molecule has 0 aromatic heterocycles. The highest BCUT2D eigenvalue weighted by atomic mass is 16.6. The Kier molecular flexibility index (Phi) is 11.1. The average molecular weight is 814 g/mol. The van der Waals surface area contributed by atoms with Crippen LogP contribution in [0.4, 0.5) is 0 Å². The van der Waals surface area contributed by atoms with E-state index in [2.05, 4.69) is 5.32 Å². The van der Waals surface area contributed by atoms with Gasteiger partial charge in [0.2, 0.25) is 0 Å². The molecule has 1 saturated heterocycles. The summed E-state index contributed by atoms with van der Waals surface area (Å²) >= 11 is 0. The third-order valence-corrected chi connectivity index (χ3v) is 13.4. The van der Waals surface area contributed by atoms with Crippen LogP contribution in [0.25, 0.3) is 0 Å². The fourth-order valence-corrected chi connectivity index (χ4v) is 10.0. The highest BCUT2D eigenvalue weighted by Crippen LogP contribution is 2.64. The molecule has 0 spiro atoms. The fraction of sp³-hybridized carbons (Fsp3) is 0.467. The van der Waals surface area contributed by atoms with Crippen molar-refractivity contribution in [3.8, 4) is 0 Å². The molecule has 12 atom stereocenters. The normalized spacial score (nSPS) is 34.2. The van der Waals surface area contributed by atoms with Gasteiger partial charge in [0.05, 0.1) is 30.4 Å². The standard InChI is InChI=1S/C45H51NO13/c1-24-29(58-41(53)34(49)33(26-15-9-6-10-16-26)46-39(51)27-17-11-7-12-18-27)22-45(55)38(59-40(52)28-19-13-8-14-20-28)36-43(5,30(48)21-31-44(36,54)23-56-31)37(50)35(57-25(2)47)32(24)42(45,3)4/h6-20,29-31,33-38,48-50,54-55H,21-23H2,1-5H3,(H,46,51)/t29-,30-,31+,33-,34+,35+,36-,37-,38-,43+,44-,45+/m0/s1. The zero-order chi connectivity index (χ0) is 42.7. The molecule has 6 N–H and O–H groups in total. The minimum Gasteiger partial charge on any atom is -0.456 e. The van der Waals surface area contributed by atoms with E-state index in [1.54, 1.807) is 99.6 Å². The van der Waals surface area contributed by atoms with Crippen LogP contribution >= 0.6 is 0 Å². The number of fused-ring (bicyclic) bond motifs is 5. The van der Waals surface area contributed by atoms with Crippen molar-refractivity contribution < 1.29 is 63.7 Å². The fourth-order valence-electron chi connectivity index (χ4n) is 10.0. The monoisotopic (exact) mass is 813 g/mol. The van der Waals surface area contributed by atoms with Gasteiger partial charge in [-0.3, -0.25) is 9.59 Å². The van der Waals surface area contributed by atoms with Gasteiger partial charge in [0.1, 0.15) is 29.5 Å². The number of carbonyl (C=O) groups is 4. The van der Waals surface area contributed by atoms with Gasteiger partial charge in [-0.1, -0.05) is 87.5 Å². The zero-order valence-electron chi connectivity index (χ0n) is 33.5. The first-order chi connectivity index (χ1) is 27.9. The second kappa shape index (κ2) is 15.6. The highest BCUT2D eigenvalue weighted by Gasteiger charge is 2.76. The van der Waals surface area contributed by atoms with E-state index in [4.69, 9.17) is 18.9 Å². The number of rotatable bonds is 9. The second-order valence-electron chi connectivity index (χ2n) is 17.0. The lowest BCUT2D eigenvalue weighted by atomic mass is 9.44. The first-order valence-corrected chi connectivity index (χ1v) is 19.7. The van der Waals surface area contributed by atoms with Gasteiger partial charge in [-0.2, -0.15) is 0 Å². The summed E-state index contributed by atoms with van der Waals surface area (Å²) in [5.74, 6) is -4.92. The van der Waals surface area contributed by atoms with E-state index >= 15 is 0 Å². The van der Waals surface area contributed by atoms with Crippen molar-refractivity contribution in [2.45, 2.75) is 107 Å². The third kappa shape index (κ3) is 6.95. The van der Waals surface area contributed by atoms with Gasteiger partial charge in [-0.25, -0.2) is 9.59 Å².